The van der Waals surface area contributed by atoms with Gasteiger partial charge in [0, 0.05) is 18.4 Å². The molecule has 1 rings (SSSR count). The zero-order valence-electron chi connectivity index (χ0n) is 8.07. The monoisotopic (exact) mass is 191 g/mol. The zero-order chi connectivity index (χ0) is 10.4. The fraction of sp³-hybridized carbons (Fsp3) is 0.400. The Morgan fingerprint density at radius 1 is 1.71 bits per heavy atom. The number of aliphatic hydroxyl groups excluding tert-OH is 1. The summed E-state index contributed by atoms with van der Waals surface area (Å²) < 4.78 is 0. The van der Waals surface area contributed by atoms with Gasteiger partial charge in [0.25, 0.3) is 0 Å². The van der Waals surface area contributed by atoms with E-state index in [0.717, 1.165) is 5.69 Å². The van der Waals surface area contributed by atoms with Gasteiger partial charge in [-0.15, -0.1) is 0 Å². The molecule has 4 heteroatoms. The van der Waals surface area contributed by atoms with Crippen molar-refractivity contribution in [2.45, 2.75) is 19.4 Å². The summed E-state index contributed by atoms with van der Waals surface area (Å²) in [5.41, 5.74) is 1.19. The highest BCUT2D eigenvalue weighted by Gasteiger charge is 2.00. The fourth-order valence-electron chi connectivity index (χ4n) is 0.982. The topological polar surface area (TPSA) is 68.9 Å². The van der Waals surface area contributed by atoms with Crippen molar-refractivity contribution < 1.29 is 5.11 Å². The van der Waals surface area contributed by atoms with E-state index in [-0.39, 0.29) is 6.10 Å². The molecule has 1 heterocycles. The highest BCUT2D eigenvalue weighted by Crippen LogP contribution is 2.07. The maximum atomic E-state index is 9.30. The number of nitriles is 1. The number of rotatable bonds is 4. The zero-order valence-corrected chi connectivity index (χ0v) is 8.07. The quantitative estimate of drug-likeness (QED) is 0.748. The second-order valence-electron chi connectivity index (χ2n) is 2.98. The lowest BCUT2D eigenvalue weighted by atomic mass is 10.2. The van der Waals surface area contributed by atoms with Crippen LogP contribution >= 0.6 is 0 Å². The maximum absolute atomic E-state index is 9.30. The lowest BCUT2D eigenvalue weighted by Crippen LogP contribution is -2.18. The van der Waals surface area contributed by atoms with Gasteiger partial charge >= 0.3 is 0 Å². The molecule has 14 heavy (non-hydrogen) atoms. The minimum atomic E-state index is -0.353. The lowest BCUT2D eigenvalue weighted by molar-refractivity contribution is 0.183. The van der Waals surface area contributed by atoms with Crippen molar-refractivity contribution in [3.05, 3.63) is 24.0 Å². The SMILES string of the molecule is CC[C@H](O)CNc1ccnc(C#N)c1. The van der Waals surface area contributed by atoms with Gasteiger partial charge in [0.1, 0.15) is 11.8 Å². The Balaban J connectivity index is 2.55. The third-order valence-electron chi connectivity index (χ3n) is 1.89. The van der Waals surface area contributed by atoms with Crippen LogP contribution < -0.4 is 5.32 Å². The third kappa shape index (κ3) is 3.04. The van der Waals surface area contributed by atoms with Crippen molar-refractivity contribution in [2.24, 2.45) is 0 Å². The van der Waals surface area contributed by atoms with Gasteiger partial charge in [-0.3, -0.25) is 0 Å². The largest absolute Gasteiger partial charge is 0.391 e. The van der Waals surface area contributed by atoms with Gasteiger partial charge in [0.05, 0.1) is 6.10 Å². The second-order valence-corrected chi connectivity index (χ2v) is 2.98. The molecule has 0 saturated heterocycles. The Morgan fingerprint density at radius 3 is 3.14 bits per heavy atom. The average molecular weight is 191 g/mol. The fourth-order valence-corrected chi connectivity index (χ4v) is 0.982. The molecule has 1 aromatic heterocycles. The average Bonchev–Trinajstić information content (AvgIpc) is 2.26. The molecular weight excluding hydrogens is 178 g/mol. The van der Waals surface area contributed by atoms with Crippen LogP contribution in [0.15, 0.2) is 18.3 Å². The second kappa shape index (κ2) is 5.20. The van der Waals surface area contributed by atoms with Crippen LogP contribution in [0.25, 0.3) is 0 Å². The van der Waals surface area contributed by atoms with Crippen LogP contribution in [0, 0.1) is 11.3 Å². The van der Waals surface area contributed by atoms with Crippen molar-refractivity contribution in [1.82, 2.24) is 4.98 Å². The molecule has 0 fully saturated rings. The molecular formula is C10H13N3O. The number of nitrogens with zero attached hydrogens (tertiary/aromatic N) is 2. The summed E-state index contributed by atoms with van der Waals surface area (Å²) in [6, 6.07) is 5.38. The smallest absolute Gasteiger partial charge is 0.142 e. The molecule has 0 aliphatic carbocycles. The summed E-state index contributed by atoms with van der Waals surface area (Å²) in [6.45, 7) is 2.41. The van der Waals surface area contributed by atoms with E-state index in [4.69, 9.17) is 5.26 Å². The standard InChI is InChI=1S/C10H13N3O/c1-2-10(14)7-13-8-3-4-12-9(5-8)6-11/h3-5,10,14H,2,7H2,1H3,(H,12,13)/t10-/m0/s1. The maximum Gasteiger partial charge on any atom is 0.142 e. The van der Waals surface area contributed by atoms with Crippen LogP contribution in [0.3, 0.4) is 0 Å². The summed E-state index contributed by atoms with van der Waals surface area (Å²) in [7, 11) is 0. The Labute approximate surface area is 83.2 Å². The molecule has 1 aromatic rings. The number of aromatic nitrogens is 1. The number of nitrogens with one attached hydrogen (secondary N) is 1. The van der Waals surface area contributed by atoms with Crippen molar-refractivity contribution in [2.75, 3.05) is 11.9 Å². The molecule has 0 unspecified atom stereocenters. The van der Waals surface area contributed by atoms with Gasteiger partial charge in [-0.25, -0.2) is 4.98 Å². The van der Waals surface area contributed by atoms with Gasteiger partial charge in [0.2, 0.25) is 0 Å². The minimum Gasteiger partial charge on any atom is -0.391 e. The molecule has 0 amide bonds. The van der Waals surface area contributed by atoms with Gasteiger partial charge in [-0.2, -0.15) is 5.26 Å². The Morgan fingerprint density at radius 2 is 2.50 bits per heavy atom. The van der Waals surface area contributed by atoms with Crippen LogP contribution in [-0.2, 0) is 0 Å². The van der Waals surface area contributed by atoms with Crippen LogP contribution in [-0.4, -0.2) is 22.7 Å². The number of anilines is 1. The van der Waals surface area contributed by atoms with E-state index in [1.54, 1.807) is 18.3 Å². The molecule has 0 radical (unpaired) electrons. The molecule has 0 saturated carbocycles. The third-order valence-corrected chi connectivity index (χ3v) is 1.89. The van der Waals surface area contributed by atoms with E-state index >= 15 is 0 Å². The Bertz CT molecular complexity index is 332. The van der Waals surface area contributed by atoms with E-state index in [9.17, 15) is 5.11 Å². The van der Waals surface area contributed by atoms with Gasteiger partial charge < -0.3 is 10.4 Å². The minimum absolute atomic E-state index is 0.353. The Hall–Kier alpha value is -1.60. The van der Waals surface area contributed by atoms with E-state index in [1.807, 2.05) is 13.0 Å². The predicted molar refractivity (Wildman–Crippen MR) is 53.7 cm³/mol. The number of aliphatic hydroxyl groups is 1. The molecule has 1 atom stereocenters. The molecule has 74 valence electrons. The molecule has 0 bridgehead atoms. The highest BCUT2D eigenvalue weighted by atomic mass is 16.3. The highest BCUT2D eigenvalue weighted by molar-refractivity contribution is 5.45. The summed E-state index contributed by atoms with van der Waals surface area (Å²) in [4.78, 5) is 3.84. The molecule has 0 aliphatic rings. The summed E-state index contributed by atoms with van der Waals surface area (Å²) in [5, 5.41) is 20.9. The van der Waals surface area contributed by atoms with E-state index < -0.39 is 0 Å². The molecule has 2 N–H and O–H groups in total. The lowest BCUT2D eigenvalue weighted by Gasteiger charge is -2.10. The van der Waals surface area contributed by atoms with Crippen LogP contribution in [0.5, 0.6) is 0 Å². The van der Waals surface area contributed by atoms with E-state index in [0.29, 0.717) is 18.7 Å². The number of hydrogen-bond donors (Lipinski definition) is 2. The first-order valence-corrected chi connectivity index (χ1v) is 4.54. The molecule has 0 aliphatic heterocycles. The number of hydrogen-bond acceptors (Lipinski definition) is 4. The van der Waals surface area contributed by atoms with Crippen molar-refractivity contribution in [3.63, 3.8) is 0 Å². The Kier molecular flexibility index (Phi) is 3.89. The van der Waals surface area contributed by atoms with Gasteiger partial charge in [-0.05, 0) is 18.6 Å². The summed E-state index contributed by atoms with van der Waals surface area (Å²) in [5.74, 6) is 0. The summed E-state index contributed by atoms with van der Waals surface area (Å²) >= 11 is 0. The normalized spacial score (nSPS) is 11.8. The van der Waals surface area contributed by atoms with Crippen molar-refractivity contribution in [1.29, 1.82) is 5.26 Å². The van der Waals surface area contributed by atoms with Crippen LogP contribution in [0.4, 0.5) is 5.69 Å². The first-order chi connectivity index (χ1) is 6.76. The first kappa shape index (κ1) is 10.5. The van der Waals surface area contributed by atoms with Crippen LogP contribution in [0.1, 0.15) is 19.0 Å². The predicted octanol–water partition coefficient (Wildman–Crippen LogP) is 1.14. The molecule has 4 nitrogen and oxygen atoms in total. The molecule has 0 aromatic carbocycles. The number of pyridine rings is 1. The van der Waals surface area contributed by atoms with Crippen LogP contribution in [0.2, 0.25) is 0 Å². The molecule has 0 spiro atoms. The van der Waals surface area contributed by atoms with Crippen molar-refractivity contribution in [3.8, 4) is 6.07 Å². The first-order valence-electron chi connectivity index (χ1n) is 4.54. The summed E-state index contributed by atoms with van der Waals surface area (Å²) in [6.07, 6.45) is 1.93. The van der Waals surface area contributed by atoms with Gasteiger partial charge in [0.15, 0.2) is 0 Å². The van der Waals surface area contributed by atoms with E-state index in [1.165, 1.54) is 0 Å². The van der Waals surface area contributed by atoms with Crippen molar-refractivity contribution >= 4 is 5.69 Å². The van der Waals surface area contributed by atoms with E-state index in [2.05, 4.69) is 10.3 Å². The van der Waals surface area contributed by atoms with Gasteiger partial charge in [-0.1, -0.05) is 6.92 Å².